The van der Waals surface area contributed by atoms with Crippen LogP contribution in [0.3, 0.4) is 0 Å². The van der Waals surface area contributed by atoms with Crippen LogP contribution in [-0.2, 0) is 10.1 Å². The largest absolute Gasteiger partial charge is 1.00 e. The normalized spacial score (nSPS) is 10.4. The second-order valence-corrected chi connectivity index (χ2v) is 3.89. The summed E-state index contributed by atoms with van der Waals surface area (Å²) in [6.07, 6.45) is 0. The van der Waals surface area contributed by atoms with Crippen LogP contribution in [0.5, 0.6) is 0 Å². The van der Waals surface area contributed by atoms with Crippen molar-refractivity contribution in [2.45, 2.75) is 11.8 Å². The van der Waals surface area contributed by atoms with E-state index in [1.807, 2.05) is 6.92 Å². The Hall–Kier alpha value is -0.0700. The van der Waals surface area contributed by atoms with Crippen LogP contribution in [0.25, 0.3) is 0 Å². The van der Waals surface area contributed by atoms with Gasteiger partial charge in [0, 0.05) is 12.2 Å². The first-order valence-corrected chi connectivity index (χ1v) is 5.24. The second-order valence-electron chi connectivity index (χ2n) is 2.51. The molecule has 0 spiro atoms. The molecule has 72 valence electrons. The fourth-order valence-electron chi connectivity index (χ4n) is 0.944. The van der Waals surface area contributed by atoms with Gasteiger partial charge in [-0.15, -0.1) is 0 Å². The van der Waals surface area contributed by atoms with Crippen LogP contribution >= 0.6 is 0 Å². The maximum absolute atomic E-state index is 10.5. The first kappa shape index (κ1) is 13.9. The third-order valence-corrected chi connectivity index (χ3v) is 2.37. The van der Waals surface area contributed by atoms with Gasteiger partial charge in [0.2, 0.25) is 0 Å². The zero-order chi connectivity index (χ0) is 9.90. The van der Waals surface area contributed by atoms with Crippen LogP contribution in [0, 0.1) is 0 Å². The minimum absolute atomic E-state index is 0. The number of anilines is 1. The van der Waals surface area contributed by atoms with Crippen LogP contribution in [-0.4, -0.2) is 19.5 Å². The molecule has 14 heavy (non-hydrogen) atoms. The molecule has 1 aromatic carbocycles. The molecule has 1 rings (SSSR count). The van der Waals surface area contributed by atoms with Crippen molar-refractivity contribution in [1.82, 2.24) is 0 Å². The number of hydrogen-bond acceptors (Lipinski definition) is 4. The number of benzene rings is 1. The summed E-state index contributed by atoms with van der Waals surface area (Å²) < 4.78 is 31.6. The molecule has 0 unspecified atom stereocenters. The van der Waals surface area contributed by atoms with Crippen molar-refractivity contribution >= 4 is 15.8 Å². The van der Waals surface area contributed by atoms with E-state index in [-0.39, 0.29) is 34.5 Å². The fraction of sp³-hybridized carbons (Fsp3) is 0.250. The van der Waals surface area contributed by atoms with E-state index in [9.17, 15) is 13.0 Å². The predicted octanol–water partition coefficient (Wildman–Crippen LogP) is -1.97. The van der Waals surface area contributed by atoms with E-state index >= 15 is 0 Å². The Morgan fingerprint density at radius 2 is 1.79 bits per heavy atom. The van der Waals surface area contributed by atoms with Gasteiger partial charge in [-0.05, 0) is 31.2 Å². The summed E-state index contributed by atoms with van der Waals surface area (Å²) in [5.74, 6) is 0. The van der Waals surface area contributed by atoms with Gasteiger partial charge < -0.3 is 9.87 Å². The van der Waals surface area contributed by atoms with Gasteiger partial charge in [0.05, 0.1) is 4.90 Å². The van der Waals surface area contributed by atoms with Gasteiger partial charge in [0.1, 0.15) is 10.1 Å². The molecular formula is C8H10NNaO3S. The summed E-state index contributed by atoms with van der Waals surface area (Å²) in [5, 5.41) is 2.99. The van der Waals surface area contributed by atoms with Crippen LogP contribution < -0.4 is 34.9 Å². The van der Waals surface area contributed by atoms with Crippen LogP contribution in [0.15, 0.2) is 29.2 Å². The second kappa shape index (κ2) is 5.72. The van der Waals surface area contributed by atoms with Gasteiger partial charge in [-0.1, -0.05) is 0 Å². The Morgan fingerprint density at radius 1 is 1.29 bits per heavy atom. The van der Waals surface area contributed by atoms with Crippen molar-refractivity contribution in [3.63, 3.8) is 0 Å². The zero-order valence-electron chi connectivity index (χ0n) is 8.15. The molecular weight excluding hydrogens is 213 g/mol. The summed E-state index contributed by atoms with van der Waals surface area (Å²) in [7, 11) is -4.31. The van der Waals surface area contributed by atoms with Crippen molar-refractivity contribution in [2.24, 2.45) is 0 Å². The van der Waals surface area contributed by atoms with E-state index in [4.69, 9.17) is 0 Å². The zero-order valence-corrected chi connectivity index (χ0v) is 11.0. The van der Waals surface area contributed by atoms with E-state index in [1.165, 1.54) is 12.1 Å². The first-order chi connectivity index (χ1) is 6.04. The molecule has 0 radical (unpaired) electrons. The Balaban J connectivity index is 0.00000169. The third-order valence-electron chi connectivity index (χ3n) is 1.52. The topological polar surface area (TPSA) is 69.2 Å². The molecule has 1 aromatic rings. The van der Waals surface area contributed by atoms with Crippen LogP contribution in [0.4, 0.5) is 5.69 Å². The van der Waals surface area contributed by atoms with E-state index in [1.54, 1.807) is 12.1 Å². The molecule has 0 aliphatic carbocycles. The first-order valence-electron chi connectivity index (χ1n) is 3.84. The van der Waals surface area contributed by atoms with Gasteiger partial charge in [-0.25, -0.2) is 8.42 Å². The molecule has 0 atom stereocenters. The molecule has 0 aliphatic rings. The molecule has 0 aliphatic heterocycles. The van der Waals surface area contributed by atoms with Gasteiger partial charge in [0.25, 0.3) is 0 Å². The van der Waals surface area contributed by atoms with Crippen molar-refractivity contribution in [3.05, 3.63) is 24.3 Å². The van der Waals surface area contributed by atoms with Gasteiger partial charge in [-0.2, -0.15) is 0 Å². The van der Waals surface area contributed by atoms with E-state index < -0.39 is 10.1 Å². The Labute approximate surface area is 106 Å². The van der Waals surface area contributed by atoms with Gasteiger partial charge in [-0.3, -0.25) is 0 Å². The molecule has 0 fully saturated rings. The van der Waals surface area contributed by atoms with Crippen LogP contribution in [0.1, 0.15) is 6.92 Å². The third kappa shape index (κ3) is 3.98. The average molecular weight is 223 g/mol. The minimum Gasteiger partial charge on any atom is -0.744 e. The maximum Gasteiger partial charge on any atom is 1.00 e. The molecule has 0 aromatic heterocycles. The van der Waals surface area contributed by atoms with Crippen molar-refractivity contribution in [1.29, 1.82) is 0 Å². The number of nitrogens with one attached hydrogen (secondary N) is 1. The monoisotopic (exact) mass is 223 g/mol. The van der Waals surface area contributed by atoms with Crippen molar-refractivity contribution < 1.29 is 42.5 Å². The number of hydrogen-bond donors (Lipinski definition) is 1. The Kier molecular flexibility index (Phi) is 5.70. The standard InChI is InChI=1S/C8H11NO3S.Na/c1-2-9-7-3-5-8(6-4-7)13(10,11)12;/h3-6,9H,2H2,1H3,(H,10,11,12);/q;+1/p-1. The van der Waals surface area contributed by atoms with E-state index in [0.29, 0.717) is 0 Å². The van der Waals surface area contributed by atoms with Crippen molar-refractivity contribution in [3.8, 4) is 0 Å². The molecule has 0 bridgehead atoms. The number of rotatable bonds is 3. The molecule has 0 amide bonds. The van der Waals surface area contributed by atoms with E-state index in [0.717, 1.165) is 12.2 Å². The molecule has 0 saturated carbocycles. The molecule has 0 saturated heterocycles. The van der Waals surface area contributed by atoms with Crippen molar-refractivity contribution in [2.75, 3.05) is 11.9 Å². The molecule has 0 heterocycles. The van der Waals surface area contributed by atoms with Gasteiger partial charge in [0.15, 0.2) is 0 Å². The predicted molar refractivity (Wildman–Crippen MR) is 48.6 cm³/mol. The van der Waals surface area contributed by atoms with Gasteiger partial charge >= 0.3 is 29.6 Å². The summed E-state index contributed by atoms with van der Waals surface area (Å²) in [5.41, 5.74) is 0.801. The summed E-state index contributed by atoms with van der Waals surface area (Å²) in [4.78, 5) is -0.200. The molecule has 6 heteroatoms. The quantitative estimate of drug-likeness (QED) is 0.476. The molecule has 1 N–H and O–H groups in total. The Bertz CT molecular complexity index is 374. The summed E-state index contributed by atoms with van der Waals surface area (Å²) in [6, 6.07) is 5.71. The smallest absolute Gasteiger partial charge is 0.744 e. The SMILES string of the molecule is CCNc1ccc(S(=O)(=O)[O-])cc1.[Na+]. The summed E-state index contributed by atoms with van der Waals surface area (Å²) >= 11 is 0. The maximum atomic E-state index is 10.5. The summed E-state index contributed by atoms with van der Waals surface area (Å²) in [6.45, 7) is 2.68. The molecule has 4 nitrogen and oxygen atoms in total. The van der Waals surface area contributed by atoms with E-state index in [2.05, 4.69) is 5.32 Å². The Morgan fingerprint density at radius 3 is 2.14 bits per heavy atom. The van der Waals surface area contributed by atoms with Crippen LogP contribution in [0.2, 0.25) is 0 Å². The average Bonchev–Trinajstić information content (AvgIpc) is 2.04. The fourth-order valence-corrected chi connectivity index (χ4v) is 1.41. The minimum atomic E-state index is -4.31.